The number of hydrogen-bond acceptors (Lipinski definition) is 2. The first kappa shape index (κ1) is 16.0. The van der Waals surface area contributed by atoms with Crippen LogP contribution in [0.3, 0.4) is 0 Å². The Bertz CT molecular complexity index is 81.2. The van der Waals surface area contributed by atoms with E-state index in [4.69, 9.17) is 29.4 Å². The molecule has 0 aliphatic heterocycles. The Hall–Kier alpha value is -0.970. The molecule has 0 aromatic rings. The number of rotatable bonds is 0. The lowest BCUT2D eigenvalue weighted by molar-refractivity contribution is 0.137. The molecule has 6 nitrogen and oxygen atoms in total. The van der Waals surface area contributed by atoms with Gasteiger partial charge in [-0.3, -0.25) is 0 Å². The van der Waals surface area contributed by atoms with Gasteiger partial charge < -0.3 is 10.2 Å². The molecular weight excluding hydrogens is 163 g/mol. The van der Waals surface area contributed by atoms with Gasteiger partial charge in [-0.2, -0.15) is 0 Å². The quantitative estimate of drug-likeness (QED) is 0.314. The molecule has 7 heteroatoms. The van der Waals surface area contributed by atoms with Crippen molar-refractivity contribution in [3.05, 3.63) is 13.2 Å². The highest BCUT2D eigenvalue weighted by atomic mass is 31.1. The molecule has 0 saturated carbocycles. The molecule has 0 unspecified atom stereocenters. The second-order valence-electron chi connectivity index (χ2n) is 0.535. The second-order valence-corrected chi connectivity index (χ2v) is 1.04. The monoisotopic (exact) mass is 171 g/mol. The summed E-state index contributed by atoms with van der Waals surface area (Å²) in [5, 5.41) is 13.9. The van der Waals surface area contributed by atoms with Crippen LogP contribution in [0.5, 0.6) is 0 Å². The van der Waals surface area contributed by atoms with Gasteiger partial charge in [-0.15, -0.1) is 22.9 Å². The molecule has 4 N–H and O–H groups in total. The summed E-state index contributed by atoms with van der Waals surface area (Å²) < 4.78 is 8.70. The first-order chi connectivity index (χ1) is 4.46. The highest BCUT2D eigenvalue weighted by molar-refractivity contribution is 7.30. The van der Waals surface area contributed by atoms with Crippen LogP contribution >= 0.6 is 8.25 Å². The molecule has 10 heavy (non-hydrogen) atoms. The zero-order valence-electron chi connectivity index (χ0n) is 4.97. The predicted molar refractivity (Wildman–Crippen MR) is 34.0 cm³/mol. The maximum Gasteiger partial charge on any atom is 0.692 e. The minimum atomic E-state index is -2.87. The minimum Gasteiger partial charge on any atom is -0.450 e. The van der Waals surface area contributed by atoms with Crippen molar-refractivity contribution < 1.29 is 29.4 Å². The third kappa shape index (κ3) is 272. The standard InChI is InChI=1S/C2H4.CH2O3.HO3P/c1-2;2-1(3)4;1-4(2)3/h1-2H2;(H2,2,3,4);(H-,1,2,3)/p+1. The van der Waals surface area contributed by atoms with Crippen LogP contribution in [-0.2, 0) is 4.57 Å². The fourth-order valence-electron chi connectivity index (χ4n) is 0. The molecule has 0 aliphatic rings. The number of hydrogen-bond donors (Lipinski definition) is 4. The SMILES string of the molecule is C=C.O=C(O)O.O=[P+](O)O. The van der Waals surface area contributed by atoms with Crippen LogP contribution in [0, 0.1) is 0 Å². The van der Waals surface area contributed by atoms with Gasteiger partial charge in [0.05, 0.1) is 0 Å². The molecule has 0 spiro atoms. The highest BCUT2D eigenvalue weighted by Gasteiger charge is 1.93. The molecule has 0 aliphatic carbocycles. The molecule has 0 fully saturated rings. The average Bonchev–Trinajstić information content (AvgIpc) is 1.66. The van der Waals surface area contributed by atoms with Crippen LogP contribution in [0.25, 0.3) is 0 Å². The van der Waals surface area contributed by atoms with Crippen LogP contribution in [0.2, 0.25) is 0 Å². The van der Waals surface area contributed by atoms with Crippen molar-refractivity contribution in [1.29, 1.82) is 0 Å². The normalized spacial score (nSPS) is 5.40. The summed E-state index contributed by atoms with van der Waals surface area (Å²) in [5.74, 6) is 0. The van der Waals surface area contributed by atoms with Gasteiger partial charge in [0.15, 0.2) is 0 Å². The minimum absolute atomic E-state index is 1.83. The maximum absolute atomic E-state index is 8.70. The average molecular weight is 171 g/mol. The first-order valence-corrected chi connectivity index (χ1v) is 2.90. The van der Waals surface area contributed by atoms with Gasteiger partial charge >= 0.3 is 14.4 Å². The maximum atomic E-state index is 8.70. The fraction of sp³-hybridized carbons (Fsp3) is 0. The Balaban J connectivity index is -0.0000000787. The van der Waals surface area contributed by atoms with Gasteiger partial charge in [0, 0.05) is 4.57 Å². The van der Waals surface area contributed by atoms with Crippen molar-refractivity contribution in [2.75, 3.05) is 0 Å². The van der Waals surface area contributed by atoms with Crippen molar-refractivity contribution in [3.63, 3.8) is 0 Å². The van der Waals surface area contributed by atoms with Gasteiger partial charge in [-0.25, -0.2) is 4.79 Å². The summed E-state index contributed by atoms with van der Waals surface area (Å²) in [6.07, 6.45) is -1.83. The Morgan fingerprint density at radius 1 is 1.20 bits per heavy atom. The van der Waals surface area contributed by atoms with Gasteiger partial charge in [-0.05, 0) is 0 Å². The predicted octanol–water partition coefficient (Wildman–Crippen LogP) is 0.653. The van der Waals surface area contributed by atoms with Crippen LogP contribution in [0.1, 0.15) is 0 Å². The van der Waals surface area contributed by atoms with E-state index in [0.29, 0.717) is 0 Å². The number of carbonyl (C=O) groups is 1. The molecule has 0 bridgehead atoms. The van der Waals surface area contributed by atoms with Gasteiger partial charge in [0.25, 0.3) is 0 Å². The van der Waals surface area contributed by atoms with Gasteiger partial charge in [0.1, 0.15) is 0 Å². The Morgan fingerprint density at radius 2 is 1.20 bits per heavy atom. The van der Waals surface area contributed by atoms with E-state index in [-0.39, 0.29) is 0 Å². The van der Waals surface area contributed by atoms with Crippen molar-refractivity contribution in [1.82, 2.24) is 0 Å². The van der Waals surface area contributed by atoms with E-state index in [9.17, 15) is 0 Å². The summed E-state index contributed by atoms with van der Waals surface area (Å²) in [6, 6.07) is 0. The second kappa shape index (κ2) is 15.7. The van der Waals surface area contributed by atoms with Crippen molar-refractivity contribution in [2.24, 2.45) is 0 Å². The topological polar surface area (TPSA) is 115 Å². The largest absolute Gasteiger partial charge is 0.692 e. The van der Waals surface area contributed by atoms with E-state index in [1.54, 1.807) is 0 Å². The summed E-state index contributed by atoms with van der Waals surface area (Å²) in [7, 11) is -2.87. The van der Waals surface area contributed by atoms with E-state index in [0.717, 1.165) is 0 Å². The van der Waals surface area contributed by atoms with Crippen LogP contribution < -0.4 is 0 Å². The third-order valence-corrected chi connectivity index (χ3v) is 0. The first-order valence-electron chi connectivity index (χ1n) is 1.73. The van der Waals surface area contributed by atoms with Crippen molar-refractivity contribution in [3.8, 4) is 0 Å². The van der Waals surface area contributed by atoms with E-state index >= 15 is 0 Å². The highest BCUT2D eigenvalue weighted by Crippen LogP contribution is 1.98. The summed E-state index contributed by atoms with van der Waals surface area (Å²) >= 11 is 0. The van der Waals surface area contributed by atoms with Crippen molar-refractivity contribution in [2.45, 2.75) is 0 Å². The molecule has 0 aromatic heterocycles. The number of carboxylic acid groups (broad SMARTS) is 2. The lowest BCUT2D eigenvalue weighted by atomic mass is 11.3. The Labute approximate surface area is 58.0 Å². The fourth-order valence-corrected chi connectivity index (χ4v) is 0. The third-order valence-electron chi connectivity index (χ3n) is 0. The lowest BCUT2D eigenvalue weighted by Gasteiger charge is -1.60. The molecule has 60 valence electrons. The summed E-state index contributed by atoms with van der Waals surface area (Å²) in [6.45, 7) is 6.00. The van der Waals surface area contributed by atoms with Crippen LogP contribution in [0.4, 0.5) is 4.79 Å². The molecule has 0 heterocycles. The van der Waals surface area contributed by atoms with Crippen LogP contribution in [0.15, 0.2) is 13.2 Å². The molecule has 0 rings (SSSR count). The van der Waals surface area contributed by atoms with Gasteiger partial charge in [0.2, 0.25) is 0 Å². The van der Waals surface area contributed by atoms with Crippen LogP contribution in [-0.4, -0.2) is 26.2 Å². The van der Waals surface area contributed by atoms with Gasteiger partial charge in [-0.1, -0.05) is 0 Å². The molecule has 0 amide bonds. The van der Waals surface area contributed by atoms with E-state index in [1.807, 2.05) is 0 Å². The van der Waals surface area contributed by atoms with Crippen molar-refractivity contribution >= 4 is 14.4 Å². The molecule has 0 aromatic carbocycles. The summed E-state index contributed by atoms with van der Waals surface area (Å²) in [5.41, 5.74) is 0. The van der Waals surface area contributed by atoms with E-state index in [2.05, 4.69) is 13.2 Å². The zero-order valence-corrected chi connectivity index (χ0v) is 5.86. The van der Waals surface area contributed by atoms with E-state index in [1.165, 1.54) is 0 Å². The summed E-state index contributed by atoms with van der Waals surface area (Å²) in [4.78, 5) is 22.8. The molecular formula is C3H8O6P+. The Morgan fingerprint density at radius 3 is 1.20 bits per heavy atom. The molecule has 0 atom stereocenters. The van der Waals surface area contributed by atoms with E-state index < -0.39 is 14.4 Å². The smallest absolute Gasteiger partial charge is 0.450 e. The molecule has 0 radical (unpaired) electrons. The zero-order chi connectivity index (χ0) is 9.15. The molecule has 0 saturated heterocycles. The Kier molecular flexibility index (Phi) is 25.1. The lowest BCUT2D eigenvalue weighted by Crippen LogP contribution is -1.81.